The number of likely N-dealkylation sites (N-methyl/N-ethyl adjacent to an activating group) is 1. The number of pyridine rings is 1. The number of urea groups is 1. The summed E-state index contributed by atoms with van der Waals surface area (Å²) in [6.45, 7) is 0.0943. The minimum Gasteiger partial charge on any atom is -0.481 e. The number of anilines is 1. The van der Waals surface area contributed by atoms with Crippen molar-refractivity contribution in [1.82, 2.24) is 20.5 Å². The van der Waals surface area contributed by atoms with Gasteiger partial charge in [-0.15, -0.1) is 11.3 Å². The molecule has 3 rings (SSSR count). The highest BCUT2D eigenvalue weighted by Gasteiger charge is 2.22. The van der Waals surface area contributed by atoms with Crippen LogP contribution in [-0.4, -0.2) is 52.4 Å². The van der Waals surface area contributed by atoms with Crippen molar-refractivity contribution in [2.75, 3.05) is 18.9 Å². The highest BCUT2D eigenvalue weighted by Crippen LogP contribution is 2.23. The first-order chi connectivity index (χ1) is 16.8. The molecular formula is C24H25N5O5S. The van der Waals surface area contributed by atoms with E-state index in [4.69, 9.17) is 5.11 Å². The van der Waals surface area contributed by atoms with E-state index in [1.165, 1.54) is 18.1 Å². The largest absolute Gasteiger partial charge is 0.481 e. The minimum atomic E-state index is -1.07. The van der Waals surface area contributed by atoms with Gasteiger partial charge in [0, 0.05) is 26.0 Å². The van der Waals surface area contributed by atoms with Gasteiger partial charge in [-0.1, -0.05) is 36.4 Å². The second-order valence-corrected chi connectivity index (χ2v) is 8.71. The molecule has 0 bridgehead atoms. The minimum absolute atomic E-state index is 0.270. The Balaban J connectivity index is 1.52. The Morgan fingerprint density at radius 3 is 2.51 bits per heavy atom. The maximum absolute atomic E-state index is 12.7. The molecule has 0 aliphatic heterocycles. The molecule has 3 aromatic rings. The van der Waals surface area contributed by atoms with Gasteiger partial charge in [-0.25, -0.2) is 4.79 Å². The molecule has 10 nitrogen and oxygen atoms in total. The van der Waals surface area contributed by atoms with E-state index in [1.54, 1.807) is 30.5 Å². The van der Waals surface area contributed by atoms with Crippen LogP contribution in [0.25, 0.3) is 0 Å². The van der Waals surface area contributed by atoms with Crippen molar-refractivity contribution in [1.29, 1.82) is 0 Å². The molecule has 1 atom stereocenters. The quantitative estimate of drug-likeness (QED) is 0.341. The molecule has 0 spiro atoms. The average molecular weight is 496 g/mol. The van der Waals surface area contributed by atoms with Crippen LogP contribution in [0, 0.1) is 0 Å². The Labute approximate surface area is 206 Å². The summed E-state index contributed by atoms with van der Waals surface area (Å²) >= 11 is 1.08. The third kappa shape index (κ3) is 7.93. The third-order valence-corrected chi connectivity index (χ3v) is 5.87. The molecule has 0 aliphatic rings. The van der Waals surface area contributed by atoms with E-state index in [0.717, 1.165) is 16.9 Å². The van der Waals surface area contributed by atoms with Gasteiger partial charge in [0.2, 0.25) is 5.91 Å². The lowest BCUT2D eigenvalue weighted by atomic mass is 10.1. The second-order valence-electron chi connectivity index (χ2n) is 7.62. The molecule has 1 aromatic carbocycles. The normalized spacial score (nSPS) is 11.2. The molecule has 4 N–H and O–H groups in total. The van der Waals surface area contributed by atoms with Crippen molar-refractivity contribution in [2.45, 2.75) is 19.0 Å². The fourth-order valence-electron chi connectivity index (χ4n) is 3.18. The fourth-order valence-corrected chi connectivity index (χ4v) is 4.07. The predicted octanol–water partition coefficient (Wildman–Crippen LogP) is 2.87. The summed E-state index contributed by atoms with van der Waals surface area (Å²) in [6.07, 6.45) is 2.72. The van der Waals surface area contributed by atoms with E-state index < -0.39 is 29.9 Å². The number of thiophene rings is 1. The van der Waals surface area contributed by atoms with Crippen molar-refractivity contribution < 1.29 is 24.3 Å². The third-order valence-electron chi connectivity index (χ3n) is 4.88. The van der Waals surface area contributed by atoms with Crippen LogP contribution in [0.2, 0.25) is 0 Å². The van der Waals surface area contributed by atoms with E-state index >= 15 is 0 Å². The van der Waals surface area contributed by atoms with E-state index in [2.05, 4.69) is 20.9 Å². The summed E-state index contributed by atoms with van der Waals surface area (Å²) in [4.78, 5) is 54.1. The molecule has 0 saturated heterocycles. The number of carbonyl (C=O) groups excluding carboxylic acids is 3. The summed E-state index contributed by atoms with van der Waals surface area (Å²) in [5.74, 6) is -1.99. The van der Waals surface area contributed by atoms with Gasteiger partial charge in [-0.05, 0) is 29.3 Å². The molecule has 4 amide bonds. The Morgan fingerprint density at radius 1 is 1.06 bits per heavy atom. The second kappa shape index (κ2) is 12.3. The first-order valence-electron chi connectivity index (χ1n) is 10.7. The van der Waals surface area contributed by atoms with Crippen LogP contribution < -0.4 is 16.0 Å². The van der Waals surface area contributed by atoms with Gasteiger partial charge in [0.1, 0.15) is 0 Å². The van der Waals surface area contributed by atoms with Crippen LogP contribution in [0.1, 0.15) is 33.3 Å². The summed E-state index contributed by atoms with van der Waals surface area (Å²) in [7, 11) is 1.47. The van der Waals surface area contributed by atoms with Gasteiger partial charge in [0.25, 0.3) is 5.91 Å². The standard InChI is InChI=1S/C24H25N5O5S/c1-29(15-20(30)27-18(12-22(31)32)17-8-5-11-25-14-17)23(33)19-9-10-21(35-19)28-24(34)26-13-16-6-3-2-4-7-16/h2-11,14,18H,12-13,15H2,1H3,(H,27,30)(H,31,32)(H2,26,28,34). The van der Waals surface area contributed by atoms with Crippen molar-refractivity contribution >= 4 is 40.2 Å². The van der Waals surface area contributed by atoms with E-state index in [-0.39, 0.29) is 13.0 Å². The number of rotatable bonds is 10. The summed E-state index contributed by atoms with van der Waals surface area (Å²) < 4.78 is 0. The SMILES string of the molecule is CN(CC(=O)NC(CC(=O)O)c1cccnc1)C(=O)c1ccc(NC(=O)NCc2ccccc2)s1. The summed E-state index contributed by atoms with van der Waals surface area (Å²) in [6, 6.07) is 14.8. The molecule has 0 saturated carbocycles. The average Bonchev–Trinajstić information content (AvgIpc) is 3.31. The number of benzene rings is 1. The van der Waals surface area contributed by atoms with Crippen LogP contribution >= 0.6 is 11.3 Å². The molecule has 0 radical (unpaired) electrons. The molecule has 1 unspecified atom stereocenters. The number of aliphatic carboxylic acids is 1. The lowest BCUT2D eigenvalue weighted by Gasteiger charge is -2.20. The maximum atomic E-state index is 12.7. The van der Waals surface area contributed by atoms with Gasteiger partial charge in [-0.3, -0.25) is 24.7 Å². The van der Waals surface area contributed by atoms with Gasteiger partial charge in [0.05, 0.1) is 28.9 Å². The molecule has 0 aliphatic carbocycles. The smallest absolute Gasteiger partial charge is 0.320 e. The lowest BCUT2D eigenvalue weighted by molar-refractivity contribution is -0.137. The molecular weight excluding hydrogens is 470 g/mol. The Hall–Kier alpha value is -4.25. The van der Waals surface area contributed by atoms with Crippen molar-refractivity contribution in [3.63, 3.8) is 0 Å². The number of carboxylic acid groups (broad SMARTS) is 1. The molecule has 2 heterocycles. The fraction of sp³-hybridized carbons (Fsp3) is 0.208. The van der Waals surface area contributed by atoms with Gasteiger partial charge in [0.15, 0.2) is 0 Å². The number of aromatic nitrogens is 1. The van der Waals surface area contributed by atoms with Crippen LogP contribution in [0.15, 0.2) is 67.0 Å². The Bertz CT molecular complexity index is 1170. The highest BCUT2D eigenvalue weighted by molar-refractivity contribution is 7.18. The van der Waals surface area contributed by atoms with Crippen LogP contribution in [0.3, 0.4) is 0 Å². The van der Waals surface area contributed by atoms with Gasteiger partial charge >= 0.3 is 12.0 Å². The van der Waals surface area contributed by atoms with Gasteiger partial charge in [-0.2, -0.15) is 0 Å². The molecule has 35 heavy (non-hydrogen) atoms. The number of carboxylic acids is 1. The monoisotopic (exact) mass is 495 g/mol. The predicted molar refractivity (Wildman–Crippen MR) is 131 cm³/mol. The topological polar surface area (TPSA) is 141 Å². The number of carbonyl (C=O) groups is 4. The van der Waals surface area contributed by atoms with Crippen LogP contribution in [0.5, 0.6) is 0 Å². The number of amides is 4. The van der Waals surface area contributed by atoms with Gasteiger partial charge < -0.3 is 20.6 Å². The number of nitrogens with zero attached hydrogens (tertiary/aromatic N) is 2. The zero-order chi connectivity index (χ0) is 25.2. The van der Waals surface area contributed by atoms with Crippen molar-refractivity contribution in [3.8, 4) is 0 Å². The maximum Gasteiger partial charge on any atom is 0.320 e. The molecule has 11 heteroatoms. The lowest BCUT2D eigenvalue weighted by Crippen LogP contribution is -2.40. The van der Waals surface area contributed by atoms with Crippen LogP contribution in [0.4, 0.5) is 9.80 Å². The first kappa shape index (κ1) is 25.4. The summed E-state index contributed by atoms with van der Waals surface area (Å²) in [5, 5.41) is 17.7. The highest BCUT2D eigenvalue weighted by atomic mass is 32.1. The molecule has 0 fully saturated rings. The Morgan fingerprint density at radius 2 is 1.83 bits per heavy atom. The number of hydrogen-bond acceptors (Lipinski definition) is 6. The zero-order valence-electron chi connectivity index (χ0n) is 18.9. The summed E-state index contributed by atoms with van der Waals surface area (Å²) in [5.41, 5.74) is 1.51. The van der Waals surface area contributed by atoms with Crippen molar-refractivity contribution in [2.24, 2.45) is 0 Å². The molecule has 182 valence electrons. The first-order valence-corrected chi connectivity index (χ1v) is 11.5. The van der Waals surface area contributed by atoms with E-state index in [0.29, 0.717) is 22.0 Å². The Kier molecular flexibility index (Phi) is 8.90. The zero-order valence-corrected chi connectivity index (χ0v) is 19.7. The van der Waals surface area contributed by atoms with E-state index in [1.807, 2.05) is 30.3 Å². The molecule has 2 aromatic heterocycles. The number of hydrogen-bond donors (Lipinski definition) is 4. The van der Waals surface area contributed by atoms with Crippen molar-refractivity contribution in [3.05, 3.63) is 83.0 Å². The van der Waals surface area contributed by atoms with Crippen LogP contribution in [-0.2, 0) is 16.1 Å². The number of nitrogens with one attached hydrogen (secondary N) is 3. The van der Waals surface area contributed by atoms with E-state index in [9.17, 15) is 19.2 Å².